The molecule has 2 nitrogen and oxygen atoms in total. The van der Waals surface area contributed by atoms with Crippen LogP contribution in [0.5, 0.6) is 0 Å². The van der Waals surface area contributed by atoms with E-state index in [2.05, 4.69) is 15.9 Å². The van der Waals surface area contributed by atoms with Crippen LogP contribution in [0, 0.1) is 0 Å². The Balaban J connectivity index is 3.23. The first-order chi connectivity index (χ1) is 5.11. The SMILES string of the molecule is Bc1ccc(Br)c(C(=O)O)c1. The van der Waals surface area contributed by atoms with Crippen LogP contribution < -0.4 is 5.46 Å². The molecule has 0 aliphatic heterocycles. The number of rotatable bonds is 1. The quantitative estimate of drug-likeness (QED) is 0.685. The lowest BCUT2D eigenvalue weighted by Crippen LogP contribution is -2.07. The van der Waals surface area contributed by atoms with E-state index in [0.717, 1.165) is 5.46 Å². The van der Waals surface area contributed by atoms with Gasteiger partial charge in [0.25, 0.3) is 0 Å². The smallest absolute Gasteiger partial charge is 0.336 e. The maximum Gasteiger partial charge on any atom is 0.336 e. The van der Waals surface area contributed by atoms with Crippen molar-refractivity contribution in [2.45, 2.75) is 0 Å². The van der Waals surface area contributed by atoms with Crippen LogP contribution in [0.2, 0.25) is 0 Å². The summed E-state index contributed by atoms with van der Waals surface area (Å²) in [7, 11) is 1.86. The second-order valence-electron chi connectivity index (χ2n) is 2.29. The van der Waals surface area contributed by atoms with Crippen molar-refractivity contribution in [1.82, 2.24) is 0 Å². The first-order valence-corrected chi connectivity index (χ1v) is 3.90. The summed E-state index contributed by atoms with van der Waals surface area (Å²) in [6, 6.07) is 5.22. The average molecular weight is 213 g/mol. The highest BCUT2D eigenvalue weighted by Gasteiger charge is 2.06. The van der Waals surface area contributed by atoms with Crippen LogP contribution in [-0.4, -0.2) is 18.9 Å². The van der Waals surface area contributed by atoms with Crippen molar-refractivity contribution in [3.05, 3.63) is 28.2 Å². The van der Waals surface area contributed by atoms with E-state index in [9.17, 15) is 4.79 Å². The third-order valence-corrected chi connectivity index (χ3v) is 2.04. The van der Waals surface area contributed by atoms with E-state index in [1.54, 1.807) is 12.1 Å². The number of carboxylic acids is 1. The van der Waals surface area contributed by atoms with E-state index < -0.39 is 5.97 Å². The summed E-state index contributed by atoms with van der Waals surface area (Å²) in [5.41, 5.74) is 1.26. The van der Waals surface area contributed by atoms with Crippen LogP contribution in [0.1, 0.15) is 10.4 Å². The van der Waals surface area contributed by atoms with Crippen LogP contribution in [0.3, 0.4) is 0 Å². The van der Waals surface area contributed by atoms with Crippen molar-refractivity contribution in [2.24, 2.45) is 0 Å². The van der Waals surface area contributed by atoms with E-state index in [0.29, 0.717) is 10.0 Å². The Bertz CT molecular complexity index is 298. The second-order valence-corrected chi connectivity index (χ2v) is 3.14. The molecule has 0 aliphatic carbocycles. The lowest BCUT2D eigenvalue weighted by molar-refractivity contribution is 0.0696. The minimum atomic E-state index is -0.902. The van der Waals surface area contributed by atoms with Crippen molar-refractivity contribution in [1.29, 1.82) is 0 Å². The van der Waals surface area contributed by atoms with Crippen LogP contribution in [0.4, 0.5) is 0 Å². The molecule has 0 saturated carbocycles. The van der Waals surface area contributed by atoms with Gasteiger partial charge in [0, 0.05) is 4.47 Å². The average Bonchev–Trinajstić information content (AvgIpc) is 1.94. The van der Waals surface area contributed by atoms with Gasteiger partial charge in [-0.2, -0.15) is 0 Å². The fourth-order valence-electron chi connectivity index (χ4n) is 0.803. The predicted molar refractivity (Wildman–Crippen MR) is 49.3 cm³/mol. The molecular weight excluding hydrogens is 207 g/mol. The van der Waals surface area contributed by atoms with Crippen LogP contribution in [0.15, 0.2) is 22.7 Å². The number of halogens is 1. The summed E-state index contributed by atoms with van der Waals surface area (Å²) in [6.45, 7) is 0. The summed E-state index contributed by atoms with van der Waals surface area (Å²) in [4.78, 5) is 10.5. The summed E-state index contributed by atoms with van der Waals surface area (Å²) >= 11 is 3.15. The molecule has 0 unspecified atom stereocenters. The summed E-state index contributed by atoms with van der Waals surface area (Å²) in [5.74, 6) is -0.902. The molecule has 0 fully saturated rings. The van der Waals surface area contributed by atoms with Gasteiger partial charge in [0.1, 0.15) is 7.85 Å². The van der Waals surface area contributed by atoms with Gasteiger partial charge in [0.15, 0.2) is 0 Å². The number of carboxylic acid groups (broad SMARTS) is 1. The van der Waals surface area contributed by atoms with Crippen molar-refractivity contribution in [3.63, 3.8) is 0 Å². The highest BCUT2D eigenvalue weighted by atomic mass is 79.9. The zero-order chi connectivity index (χ0) is 8.43. The standard InChI is InChI=1S/C7H6BBrO2/c8-4-1-2-6(9)5(3-4)7(10)11/h1-3H,8H2,(H,10,11). The molecule has 0 spiro atoms. The van der Waals surface area contributed by atoms with Crippen molar-refractivity contribution in [3.8, 4) is 0 Å². The molecule has 1 aromatic rings. The highest BCUT2D eigenvalue weighted by molar-refractivity contribution is 9.10. The number of carbonyl (C=O) groups is 1. The summed E-state index contributed by atoms with van der Waals surface area (Å²) in [6.07, 6.45) is 0. The minimum Gasteiger partial charge on any atom is -0.478 e. The Kier molecular flexibility index (Phi) is 2.34. The second kappa shape index (κ2) is 3.09. The lowest BCUT2D eigenvalue weighted by Gasteiger charge is -1.98. The Labute approximate surface area is 73.8 Å². The van der Waals surface area contributed by atoms with E-state index in [4.69, 9.17) is 5.11 Å². The third-order valence-electron chi connectivity index (χ3n) is 1.35. The van der Waals surface area contributed by atoms with Crippen LogP contribution in [-0.2, 0) is 0 Å². The van der Waals surface area contributed by atoms with Gasteiger partial charge in [-0.05, 0) is 22.0 Å². The van der Waals surface area contributed by atoms with Gasteiger partial charge in [0.2, 0.25) is 0 Å². The topological polar surface area (TPSA) is 37.3 Å². The maximum absolute atomic E-state index is 10.5. The number of hydrogen-bond donors (Lipinski definition) is 1. The summed E-state index contributed by atoms with van der Waals surface area (Å²) in [5, 5.41) is 8.66. The Hall–Kier alpha value is -0.765. The van der Waals surface area contributed by atoms with Gasteiger partial charge < -0.3 is 5.11 Å². The Morgan fingerprint density at radius 3 is 2.64 bits per heavy atom. The van der Waals surface area contributed by atoms with Crippen molar-refractivity contribution < 1.29 is 9.90 Å². The molecule has 4 heteroatoms. The molecule has 1 rings (SSSR count). The fraction of sp³-hybridized carbons (Fsp3) is 0. The number of benzene rings is 1. The molecule has 0 atom stereocenters. The molecule has 11 heavy (non-hydrogen) atoms. The molecule has 0 saturated heterocycles. The molecule has 1 aromatic carbocycles. The van der Waals surface area contributed by atoms with Gasteiger partial charge in [0.05, 0.1) is 5.56 Å². The molecule has 1 N–H and O–H groups in total. The normalized spacial score (nSPS) is 9.55. The molecule has 0 radical (unpaired) electrons. The van der Waals surface area contributed by atoms with Gasteiger partial charge >= 0.3 is 5.97 Å². The van der Waals surface area contributed by atoms with E-state index >= 15 is 0 Å². The molecule has 0 aliphatic rings. The fourth-order valence-corrected chi connectivity index (χ4v) is 1.22. The van der Waals surface area contributed by atoms with E-state index in [1.807, 2.05) is 13.9 Å². The van der Waals surface area contributed by atoms with Gasteiger partial charge in [-0.1, -0.05) is 17.6 Å². The van der Waals surface area contributed by atoms with E-state index in [1.165, 1.54) is 0 Å². The van der Waals surface area contributed by atoms with Gasteiger partial charge in [-0.3, -0.25) is 0 Å². The Morgan fingerprint density at radius 2 is 2.18 bits per heavy atom. The third kappa shape index (κ3) is 1.83. The van der Waals surface area contributed by atoms with Crippen LogP contribution >= 0.6 is 15.9 Å². The zero-order valence-corrected chi connectivity index (χ0v) is 7.55. The van der Waals surface area contributed by atoms with Crippen molar-refractivity contribution in [2.75, 3.05) is 0 Å². The predicted octanol–water partition coefficient (Wildman–Crippen LogP) is 0.406. The Morgan fingerprint density at radius 1 is 1.55 bits per heavy atom. The lowest BCUT2D eigenvalue weighted by atomic mass is 9.94. The summed E-state index contributed by atoms with van der Waals surface area (Å²) < 4.78 is 0.621. The highest BCUT2D eigenvalue weighted by Crippen LogP contribution is 2.13. The molecule has 0 aromatic heterocycles. The zero-order valence-electron chi connectivity index (χ0n) is 5.97. The molecule has 56 valence electrons. The molecule has 0 heterocycles. The molecule has 0 bridgehead atoms. The van der Waals surface area contributed by atoms with Gasteiger partial charge in [-0.25, -0.2) is 4.79 Å². The first kappa shape index (κ1) is 8.33. The molecular formula is C7H6BBrO2. The van der Waals surface area contributed by atoms with Gasteiger partial charge in [-0.15, -0.1) is 0 Å². The number of aromatic carboxylic acids is 1. The minimum absolute atomic E-state index is 0.310. The monoisotopic (exact) mass is 212 g/mol. The number of hydrogen-bond acceptors (Lipinski definition) is 1. The largest absolute Gasteiger partial charge is 0.478 e. The maximum atomic E-state index is 10.5. The first-order valence-electron chi connectivity index (χ1n) is 3.10. The molecule has 0 amide bonds. The van der Waals surface area contributed by atoms with Crippen LogP contribution in [0.25, 0.3) is 0 Å². The van der Waals surface area contributed by atoms with E-state index in [-0.39, 0.29) is 0 Å². The van der Waals surface area contributed by atoms with Crippen molar-refractivity contribution >= 4 is 35.2 Å².